The number of carboxylic acid groups (broad SMARTS) is 1. The van der Waals surface area contributed by atoms with Gasteiger partial charge in [0.2, 0.25) is 0 Å². The summed E-state index contributed by atoms with van der Waals surface area (Å²) < 4.78 is 0. The molecule has 0 aliphatic rings. The maximum atomic E-state index is 10.6. The van der Waals surface area contributed by atoms with E-state index in [1.807, 2.05) is 31.2 Å². The first-order chi connectivity index (χ1) is 9.60. The summed E-state index contributed by atoms with van der Waals surface area (Å²) in [5, 5.41) is 21.9. The predicted molar refractivity (Wildman–Crippen MR) is 76.4 cm³/mol. The van der Waals surface area contributed by atoms with Crippen LogP contribution < -0.4 is 5.32 Å². The fourth-order valence-electron chi connectivity index (χ4n) is 1.98. The molecule has 0 aliphatic carbocycles. The molecule has 0 amide bonds. The van der Waals surface area contributed by atoms with Gasteiger partial charge in [0.1, 0.15) is 11.9 Å². The molecule has 2 rings (SSSR count). The van der Waals surface area contributed by atoms with E-state index in [1.165, 1.54) is 0 Å². The molecule has 5 heteroatoms. The number of rotatable bonds is 5. The zero-order chi connectivity index (χ0) is 14.5. The Morgan fingerprint density at radius 1 is 1.50 bits per heavy atom. The fraction of sp³-hybridized carbons (Fsp3) is 0.267. The molecule has 0 saturated carbocycles. The third kappa shape index (κ3) is 3.23. The molecular formula is C15H15N3O2. The largest absolute Gasteiger partial charge is 0.481 e. The van der Waals surface area contributed by atoms with Crippen molar-refractivity contribution >= 4 is 22.7 Å². The van der Waals surface area contributed by atoms with Gasteiger partial charge in [0, 0.05) is 18.4 Å². The van der Waals surface area contributed by atoms with Crippen LogP contribution in [0.25, 0.3) is 10.9 Å². The van der Waals surface area contributed by atoms with Gasteiger partial charge in [0.25, 0.3) is 0 Å². The van der Waals surface area contributed by atoms with E-state index in [1.54, 1.807) is 6.07 Å². The Hall–Kier alpha value is -2.61. The summed E-state index contributed by atoms with van der Waals surface area (Å²) in [4.78, 5) is 15.0. The second-order valence-electron chi connectivity index (χ2n) is 4.77. The summed E-state index contributed by atoms with van der Waals surface area (Å²) in [6.45, 7) is 2.31. The number of aromatic nitrogens is 1. The lowest BCUT2D eigenvalue weighted by atomic mass is 10.1. The zero-order valence-electron chi connectivity index (χ0n) is 11.1. The van der Waals surface area contributed by atoms with Crippen LogP contribution in [-0.4, -0.2) is 22.6 Å². The monoisotopic (exact) mass is 269 g/mol. The average molecular weight is 269 g/mol. The molecule has 0 bridgehead atoms. The van der Waals surface area contributed by atoms with E-state index in [-0.39, 0.29) is 12.3 Å². The molecule has 0 spiro atoms. The van der Waals surface area contributed by atoms with Gasteiger partial charge in [-0.1, -0.05) is 25.1 Å². The highest BCUT2D eigenvalue weighted by molar-refractivity contribution is 5.82. The standard InChI is InChI=1S/C15H15N3O2/c1-10(6-14(19)20)9-17-15-12(8-16)7-11-4-2-3-5-13(11)18-15/h2-5,7,10H,6,9H2,1H3,(H,17,18)(H,19,20). The van der Waals surface area contributed by atoms with Gasteiger partial charge in [-0.2, -0.15) is 5.26 Å². The van der Waals surface area contributed by atoms with Crippen molar-refractivity contribution in [2.75, 3.05) is 11.9 Å². The summed E-state index contributed by atoms with van der Waals surface area (Å²) in [6, 6.07) is 11.5. The maximum absolute atomic E-state index is 10.6. The molecule has 5 nitrogen and oxygen atoms in total. The number of nitrogens with zero attached hydrogens (tertiary/aromatic N) is 2. The van der Waals surface area contributed by atoms with Crippen molar-refractivity contribution in [3.63, 3.8) is 0 Å². The molecule has 0 radical (unpaired) electrons. The van der Waals surface area contributed by atoms with Crippen molar-refractivity contribution in [3.05, 3.63) is 35.9 Å². The molecule has 2 aromatic rings. The van der Waals surface area contributed by atoms with Crippen LogP contribution in [0.5, 0.6) is 0 Å². The fourth-order valence-corrected chi connectivity index (χ4v) is 1.98. The zero-order valence-corrected chi connectivity index (χ0v) is 11.1. The topological polar surface area (TPSA) is 86.0 Å². The Balaban J connectivity index is 2.20. The van der Waals surface area contributed by atoms with Crippen LogP contribution in [0.2, 0.25) is 0 Å². The Morgan fingerprint density at radius 2 is 2.25 bits per heavy atom. The molecule has 1 aromatic heterocycles. The summed E-state index contributed by atoms with van der Waals surface area (Å²) in [5.74, 6) is -0.359. The first-order valence-electron chi connectivity index (χ1n) is 6.35. The van der Waals surface area contributed by atoms with Crippen LogP contribution in [0.1, 0.15) is 18.9 Å². The van der Waals surface area contributed by atoms with Crippen LogP contribution in [0.4, 0.5) is 5.82 Å². The average Bonchev–Trinajstić information content (AvgIpc) is 2.43. The van der Waals surface area contributed by atoms with Crippen LogP contribution >= 0.6 is 0 Å². The van der Waals surface area contributed by atoms with E-state index in [0.717, 1.165) is 10.9 Å². The number of anilines is 1. The molecule has 2 N–H and O–H groups in total. The molecular weight excluding hydrogens is 254 g/mol. The Bertz CT molecular complexity index is 676. The minimum absolute atomic E-state index is 0.0349. The van der Waals surface area contributed by atoms with Gasteiger partial charge >= 0.3 is 5.97 Å². The number of fused-ring (bicyclic) bond motifs is 1. The van der Waals surface area contributed by atoms with E-state index < -0.39 is 5.97 Å². The van der Waals surface area contributed by atoms with Gasteiger partial charge in [0.15, 0.2) is 0 Å². The van der Waals surface area contributed by atoms with E-state index in [0.29, 0.717) is 17.9 Å². The normalized spacial score (nSPS) is 11.8. The lowest BCUT2D eigenvalue weighted by molar-refractivity contribution is -0.137. The first kappa shape index (κ1) is 13.8. The minimum atomic E-state index is -0.828. The second kappa shape index (κ2) is 6.02. The van der Waals surface area contributed by atoms with Gasteiger partial charge in [-0.05, 0) is 18.1 Å². The molecule has 1 aromatic carbocycles. The smallest absolute Gasteiger partial charge is 0.303 e. The molecule has 102 valence electrons. The van der Waals surface area contributed by atoms with Crippen molar-refractivity contribution in [1.82, 2.24) is 4.98 Å². The molecule has 1 atom stereocenters. The molecule has 1 heterocycles. The third-order valence-electron chi connectivity index (χ3n) is 2.99. The summed E-state index contributed by atoms with van der Waals surface area (Å²) >= 11 is 0. The van der Waals surface area contributed by atoms with Crippen molar-refractivity contribution in [1.29, 1.82) is 5.26 Å². The first-order valence-corrected chi connectivity index (χ1v) is 6.35. The highest BCUT2D eigenvalue weighted by Crippen LogP contribution is 2.20. The lowest BCUT2D eigenvalue weighted by Crippen LogP contribution is -2.16. The Kier molecular flexibility index (Phi) is 4.16. The van der Waals surface area contributed by atoms with Crippen molar-refractivity contribution < 1.29 is 9.90 Å². The number of carbonyl (C=O) groups is 1. The minimum Gasteiger partial charge on any atom is -0.481 e. The van der Waals surface area contributed by atoms with Crippen molar-refractivity contribution in [2.24, 2.45) is 5.92 Å². The van der Waals surface area contributed by atoms with Gasteiger partial charge in [-0.3, -0.25) is 4.79 Å². The van der Waals surface area contributed by atoms with Crippen LogP contribution in [0.15, 0.2) is 30.3 Å². The van der Waals surface area contributed by atoms with Crippen molar-refractivity contribution in [2.45, 2.75) is 13.3 Å². The van der Waals surface area contributed by atoms with Gasteiger partial charge in [-0.25, -0.2) is 4.98 Å². The summed E-state index contributed by atoms with van der Waals surface area (Å²) in [6.07, 6.45) is 0.0858. The number of carboxylic acids is 1. The van der Waals surface area contributed by atoms with E-state index >= 15 is 0 Å². The van der Waals surface area contributed by atoms with E-state index in [9.17, 15) is 4.79 Å². The van der Waals surface area contributed by atoms with Crippen molar-refractivity contribution in [3.8, 4) is 6.07 Å². The molecule has 1 unspecified atom stereocenters. The molecule has 0 aliphatic heterocycles. The lowest BCUT2D eigenvalue weighted by Gasteiger charge is -2.12. The second-order valence-corrected chi connectivity index (χ2v) is 4.77. The van der Waals surface area contributed by atoms with Gasteiger partial charge in [-0.15, -0.1) is 0 Å². The number of hydrogen-bond acceptors (Lipinski definition) is 4. The third-order valence-corrected chi connectivity index (χ3v) is 2.99. The number of para-hydroxylation sites is 1. The van der Waals surface area contributed by atoms with Crippen LogP contribution in [-0.2, 0) is 4.79 Å². The molecule has 0 saturated heterocycles. The number of benzene rings is 1. The maximum Gasteiger partial charge on any atom is 0.303 e. The SMILES string of the molecule is CC(CNc1nc2ccccc2cc1C#N)CC(=O)O. The predicted octanol–water partition coefficient (Wildman–Crippen LogP) is 2.63. The number of pyridine rings is 1. The highest BCUT2D eigenvalue weighted by Gasteiger charge is 2.10. The summed E-state index contributed by atoms with van der Waals surface area (Å²) in [7, 11) is 0. The summed E-state index contributed by atoms with van der Waals surface area (Å²) in [5.41, 5.74) is 1.27. The molecule has 0 fully saturated rings. The number of nitrogens with one attached hydrogen (secondary N) is 1. The number of nitriles is 1. The quantitative estimate of drug-likeness (QED) is 0.871. The van der Waals surface area contributed by atoms with Crippen LogP contribution in [0.3, 0.4) is 0 Å². The number of hydrogen-bond donors (Lipinski definition) is 2. The Labute approximate surface area is 116 Å². The number of aliphatic carboxylic acids is 1. The van der Waals surface area contributed by atoms with Gasteiger partial charge in [0.05, 0.1) is 11.1 Å². The van der Waals surface area contributed by atoms with E-state index in [4.69, 9.17) is 10.4 Å². The van der Waals surface area contributed by atoms with Crippen LogP contribution in [0, 0.1) is 17.2 Å². The molecule has 20 heavy (non-hydrogen) atoms. The van der Waals surface area contributed by atoms with Gasteiger partial charge < -0.3 is 10.4 Å². The van der Waals surface area contributed by atoms with E-state index in [2.05, 4.69) is 16.4 Å². The highest BCUT2D eigenvalue weighted by atomic mass is 16.4. The Morgan fingerprint density at radius 3 is 2.95 bits per heavy atom.